The summed E-state index contributed by atoms with van der Waals surface area (Å²) in [5.74, 6) is -14.9. The normalized spacial score (nSPS) is 36.2. The SMILES string of the molecule is COCCOCCO[C@@H]1C[C@@H]2CC[C@@H](C)[C@@](O)(O2)C(=O)C(=O)N2CCCC[C@H]2C(=O)O[C@H]([C@H](C)C[C@@H]2CC[C@@H](OC)[C@H](OC)C2)CC(=O)[C@H](C)/C=C(\C)[C@@H](OC)[C@@H](OC)C(=O)[C@H](C)C[C@H](C)/C=C/C=CC=C1C.COCCOCCO[C@H]1C[C@@H]2CC[C@@H](C)[C@@](O)(O2)C(=O)C(=O)N2CCCC[C@H]2C(=O)O[C@H]([C@H](C)C[C@@H]2CC[C@@H](OC)[C@H](OC)C2)CC(=O)[C@H](C)/C=C(\C)[C@@H](OC)[C@@H](OC)C(=O)[C@H](C)C[C@H](C)/C=C/C=CC=C1C. The molecule has 32 heteroatoms. The maximum Gasteiger partial charge on any atom is 0.329 e. The smallest absolute Gasteiger partial charge is 0.329 e. The van der Waals surface area contributed by atoms with Crippen LogP contribution in [0.25, 0.3) is 0 Å². The maximum absolute atomic E-state index is 14.6. The summed E-state index contributed by atoms with van der Waals surface area (Å²) in [4.78, 5) is 146. The van der Waals surface area contributed by atoms with E-state index in [9.17, 15) is 58.2 Å². The van der Waals surface area contributed by atoms with Gasteiger partial charge in [0.25, 0.3) is 23.4 Å². The summed E-state index contributed by atoms with van der Waals surface area (Å²) in [6.45, 7) is 29.3. The lowest BCUT2D eigenvalue weighted by Crippen LogP contribution is -2.61. The number of carbonyl (C=O) groups excluding carboxylic acids is 10. The molecule has 0 aromatic rings. The molecule has 8 rings (SSSR count). The predicted octanol–water partition coefficient (Wildman–Crippen LogP) is 15.0. The number of cyclic esters (lactones) is 2. The quantitative estimate of drug-likeness (QED) is 0.0318. The summed E-state index contributed by atoms with van der Waals surface area (Å²) in [6.07, 6.45) is 27.3. The second kappa shape index (κ2) is 64.2. The van der Waals surface area contributed by atoms with E-state index in [0.29, 0.717) is 128 Å². The average Bonchev–Trinajstić information content (AvgIpc) is 0.772. The van der Waals surface area contributed by atoms with Crippen LogP contribution < -0.4 is 0 Å². The highest BCUT2D eigenvalue weighted by Gasteiger charge is 2.56. The van der Waals surface area contributed by atoms with E-state index >= 15 is 0 Å². The number of rotatable bonds is 28. The molecule has 6 heterocycles. The molecule has 8 aliphatic rings. The lowest BCUT2D eigenvalue weighted by Gasteiger charge is -2.43. The lowest BCUT2D eigenvalue weighted by molar-refractivity contribution is -0.266. The number of carbonyl (C=O) groups is 10. The van der Waals surface area contributed by atoms with E-state index in [-0.39, 0.29) is 160 Å². The minimum absolute atomic E-state index is 0.0321. The van der Waals surface area contributed by atoms with Gasteiger partial charge in [-0.05, 0) is 214 Å². The first-order valence-corrected chi connectivity index (χ1v) is 53.7. The van der Waals surface area contributed by atoms with Gasteiger partial charge < -0.3 is 105 Å². The Kier molecular flexibility index (Phi) is 55.4. The van der Waals surface area contributed by atoms with Crippen LogP contribution in [0.2, 0.25) is 0 Å². The van der Waals surface area contributed by atoms with E-state index in [1.54, 1.807) is 82.5 Å². The molecule has 30 atom stereocenters. The van der Waals surface area contributed by atoms with Crippen molar-refractivity contribution in [3.63, 3.8) is 0 Å². The fourth-order valence-electron chi connectivity index (χ4n) is 22.1. The first-order valence-electron chi connectivity index (χ1n) is 53.7. The molecule has 0 aromatic heterocycles. The molecule has 0 spiro atoms. The van der Waals surface area contributed by atoms with Crippen LogP contribution in [-0.2, 0) is 133 Å². The molecule has 4 bridgehead atoms. The molecular weight excluding hydrogens is 1880 g/mol. The number of methoxy groups -OCH3 is 10. The fraction of sp³-hybridized carbons (Fsp3) is 0.772. The molecule has 2 N–H and O–H groups in total. The number of nitrogens with zero attached hydrogens (tertiary/aromatic N) is 2. The van der Waals surface area contributed by atoms with E-state index in [0.717, 1.165) is 49.7 Å². The topological polar surface area (TPSA) is 384 Å². The largest absolute Gasteiger partial charge is 0.460 e. The van der Waals surface area contributed by atoms with Gasteiger partial charge in [0, 0.05) is 145 Å². The zero-order chi connectivity index (χ0) is 108. The van der Waals surface area contributed by atoms with Crippen LogP contribution in [-0.4, -0.2) is 325 Å². The van der Waals surface area contributed by atoms with E-state index in [4.69, 9.17) is 85.3 Å². The molecule has 2 aliphatic carbocycles. The summed E-state index contributed by atoms with van der Waals surface area (Å²) < 4.78 is 106. The van der Waals surface area contributed by atoms with Gasteiger partial charge in [-0.25, -0.2) is 9.59 Å². The summed E-state index contributed by atoms with van der Waals surface area (Å²) in [5.41, 5.74) is 3.03. The Morgan fingerprint density at radius 3 is 1.08 bits per heavy atom. The molecule has 146 heavy (non-hydrogen) atoms. The Labute approximate surface area is 870 Å². The summed E-state index contributed by atoms with van der Waals surface area (Å²) in [5, 5.41) is 24.3. The molecule has 6 fully saturated rings. The van der Waals surface area contributed by atoms with Crippen molar-refractivity contribution in [1.82, 2.24) is 9.80 Å². The van der Waals surface area contributed by atoms with Crippen LogP contribution >= 0.6 is 0 Å². The number of hydrogen-bond acceptors (Lipinski definition) is 30. The second-order valence-electron chi connectivity index (χ2n) is 42.5. The Morgan fingerprint density at radius 1 is 0.384 bits per heavy atom. The van der Waals surface area contributed by atoms with E-state index in [1.165, 1.54) is 38.2 Å². The van der Waals surface area contributed by atoms with Gasteiger partial charge in [-0.15, -0.1) is 0 Å². The van der Waals surface area contributed by atoms with Crippen molar-refractivity contribution in [1.29, 1.82) is 0 Å². The van der Waals surface area contributed by atoms with Crippen molar-refractivity contribution in [2.45, 2.75) is 360 Å². The van der Waals surface area contributed by atoms with Crippen molar-refractivity contribution in [2.75, 3.05) is 137 Å². The van der Waals surface area contributed by atoms with Crippen LogP contribution in [0.4, 0.5) is 0 Å². The van der Waals surface area contributed by atoms with E-state index in [2.05, 4.69) is 0 Å². The number of allylic oxidation sites excluding steroid dienone is 12. The number of ether oxygens (including phenoxy) is 18. The molecule has 2 saturated carbocycles. The standard InChI is InChI=1S/2C57H91NO15/c2*1-36-18-14-13-15-19-37(2)48(71-29-28-70-27-26-65-8)34-44-23-21-42(7)57(64,73-44)54(61)55(62)58-25-17-16-20-45(58)56(63)72-49(39(4)32-43-22-24-47(66-9)50(33-43)67-10)35-46(59)38(3)31-41(6)52(68-11)53(69-12)51(60)40(5)30-36/h2*13-15,18-19,31,36,38-40,42-45,47-50,52-53,64H,16-17,20-30,32-35H2,1-12H3/b2*15-13?,18-14+,37-19?,41-31+/t36-,38-,39-,40-,42-,43+,44+,45+,47-,48+,49+,50-,52-,53+,57-;36-,38-,39-,40-,42-,43+,44+,45+,47-,48-,49+,50-,52-,53+,57-/m11/s1. The summed E-state index contributed by atoms with van der Waals surface area (Å²) in [7, 11) is 15.9. The van der Waals surface area contributed by atoms with Gasteiger partial charge in [-0.3, -0.25) is 38.4 Å². The molecule has 0 radical (unpaired) electrons. The first kappa shape index (κ1) is 126. The van der Waals surface area contributed by atoms with Crippen molar-refractivity contribution in [3.8, 4) is 0 Å². The van der Waals surface area contributed by atoms with Crippen molar-refractivity contribution >= 4 is 58.5 Å². The number of amides is 2. The molecule has 2 amide bonds. The number of aliphatic hydroxyl groups is 2. The molecule has 32 nitrogen and oxygen atoms in total. The third-order valence-electron chi connectivity index (χ3n) is 31.3. The highest BCUT2D eigenvalue weighted by molar-refractivity contribution is 6.39. The van der Waals surface area contributed by atoms with Crippen LogP contribution in [0, 0.1) is 71.0 Å². The fourth-order valence-corrected chi connectivity index (χ4v) is 22.1. The number of fused-ring (bicyclic) bond motifs is 6. The summed E-state index contributed by atoms with van der Waals surface area (Å²) >= 11 is 0. The molecule has 828 valence electrons. The Morgan fingerprint density at radius 2 is 0.740 bits per heavy atom. The second-order valence-corrected chi connectivity index (χ2v) is 42.5. The van der Waals surface area contributed by atoms with E-state index in [1.807, 2.05) is 130 Å². The maximum atomic E-state index is 14.6. The minimum Gasteiger partial charge on any atom is -0.460 e. The van der Waals surface area contributed by atoms with Gasteiger partial charge in [0.15, 0.2) is 11.6 Å². The van der Waals surface area contributed by atoms with Gasteiger partial charge in [0.05, 0.1) is 102 Å². The van der Waals surface area contributed by atoms with Crippen LogP contribution in [0.5, 0.6) is 0 Å². The zero-order valence-corrected chi connectivity index (χ0v) is 92.4. The number of hydrogen-bond donors (Lipinski definition) is 2. The van der Waals surface area contributed by atoms with Crippen LogP contribution in [0.3, 0.4) is 0 Å². The molecule has 0 aromatic carbocycles. The highest BCUT2D eigenvalue weighted by Crippen LogP contribution is 2.43. The van der Waals surface area contributed by atoms with Crippen LogP contribution in [0.15, 0.2) is 95.2 Å². The van der Waals surface area contributed by atoms with Crippen molar-refractivity contribution in [2.24, 2.45) is 71.0 Å². The molecule has 4 saturated heterocycles. The number of piperidine rings is 2. The predicted molar refractivity (Wildman–Crippen MR) is 553 cm³/mol. The molecule has 6 aliphatic heterocycles. The van der Waals surface area contributed by atoms with Crippen molar-refractivity contribution in [3.05, 3.63) is 95.2 Å². The third kappa shape index (κ3) is 37.3. The highest BCUT2D eigenvalue weighted by atomic mass is 16.7. The van der Waals surface area contributed by atoms with Gasteiger partial charge in [-0.1, -0.05) is 142 Å². The Balaban J connectivity index is 0.000000396. The van der Waals surface area contributed by atoms with Gasteiger partial charge in [0.2, 0.25) is 11.6 Å². The van der Waals surface area contributed by atoms with Gasteiger partial charge in [-0.2, -0.15) is 0 Å². The monoisotopic (exact) mass is 2060 g/mol. The lowest BCUT2D eigenvalue weighted by atomic mass is 9.78. The summed E-state index contributed by atoms with van der Waals surface area (Å²) in [6, 6.07) is -2.26. The first-order chi connectivity index (χ1) is 69.7. The molecule has 0 unspecified atom stereocenters. The number of ketones is 6. The average molecular weight is 2060 g/mol. The van der Waals surface area contributed by atoms with Gasteiger partial charge >= 0.3 is 11.9 Å². The van der Waals surface area contributed by atoms with Crippen molar-refractivity contribution < 1.29 is 143 Å². The third-order valence-corrected chi connectivity index (χ3v) is 31.3. The van der Waals surface area contributed by atoms with E-state index < -0.39 is 144 Å². The minimum atomic E-state index is -2.46. The zero-order valence-electron chi connectivity index (χ0n) is 92.4. The molecular formula is C114H182N2O30. The number of Topliss-reactive ketones (excluding diaryl/α,β-unsaturated/α-hetero) is 6. The van der Waals surface area contributed by atoms with Crippen LogP contribution in [0.1, 0.15) is 251 Å². The Bertz CT molecular complexity index is 4060. The number of esters is 2. The Hall–Kier alpha value is -6.90. The van der Waals surface area contributed by atoms with Gasteiger partial charge in [0.1, 0.15) is 60.3 Å².